The Labute approximate surface area is 197 Å². The molecule has 0 fully saturated rings. The number of thiocarbonyl (C=S) groups is 1. The summed E-state index contributed by atoms with van der Waals surface area (Å²) >= 11 is 14.3. The summed E-state index contributed by atoms with van der Waals surface area (Å²) in [6.07, 6.45) is -0.748. The molecular weight excluding hydrogens is 506 g/mol. The van der Waals surface area contributed by atoms with Crippen LogP contribution in [0.1, 0.15) is 17.5 Å². The number of furan rings is 1. The van der Waals surface area contributed by atoms with Crippen molar-refractivity contribution < 1.29 is 18.7 Å². The number of carbonyl (C=O) groups excluding carboxylic acids is 2. The van der Waals surface area contributed by atoms with Crippen molar-refractivity contribution in [2.24, 2.45) is 0 Å². The summed E-state index contributed by atoms with van der Waals surface area (Å²) in [6.45, 7) is 1.63. The molecule has 1 atom stereocenters. The van der Waals surface area contributed by atoms with Crippen LogP contribution in [0.25, 0.3) is 0 Å². The molecule has 160 valence electrons. The average molecular weight is 523 g/mol. The molecule has 2 aromatic carbocycles. The molecule has 31 heavy (non-hydrogen) atoms. The van der Waals surface area contributed by atoms with Crippen molar-refractivity contribution in [1.82, 2.24) is 5.32 Å². The molecule has 0 saturated heterocycles. The fraction of sp³-hybridized carbons (Fsp3) is 0.0952. The third kappa shape index (κ3) is 6.55. The molecule has 3 rings (SSSR count). The van der Waals surface area contributed by atoms with Crippen LogP contribution >= 0.6 is 39.7 Å². The maximum Gasteiger partial charge on any atom is 0.293 e. The molecule has 3 N–H and O–H groups in total. The van der Waals surface area contributed by atoms with Gasteiger partial charge in [0.2, 0.25) is 0 Å². The van der Waals surface area contributed by atoms with Crippen LogP contribution in [0, 0.1) is 0 Å². The zero-order valence-electron chi connectivity index (χ0n) is 16.1. The van der Waals surface area contributed by atoms with Gasteiger partial charge in [0.15, 0.2) is 21.6 Å². The Balaban J connectivity index is 1.51. The van der Waals surface area contributed by atoms with Gasteiger partial charge in [0.05, 0.1) is 5.02 Å². The molecule has 0 radical (unpaired) electrons. The molecule has 0 saturated carbocycles. The standard InChI is InChI=1S/C21H17BrClN3O4S/c1-12(29-16-5-3-2-4-15(16)23)19(27)24-13-6-8-14(9-7-13)25-21(31)26-20(28)17-10-11-18(22)30-17/h2-12H,1H3,(H,24,27)(H2,25,26,28,31). The number of halogens is 2. The van der Waals surface area contributed by atoms with Crippen molar-refractivity contribution in [3.63, 3.8) is 0 Å². The van der Waals surface area contributed by atoms with Crippen molar-refractivity contribution >= 4 is 68.1 Å². The van der Waals surface area contributed by atoms with Crippen molar-refractivity contribution in [3.8, 4) is 5.75 Å². The van der Waals surface area contributed by atoms with Crippen molar-refractivity contribution in [3.05, 3.63) is 76.1 Å². The minimum Gasteiger partial charge on any atom is -0.479 e. The summed E-state index contributed by atoms with van der Waals surface area (Å²) in [5.41, 5.74) is 1.20. The minimum atomic E-state index is -0.748. The summed E-state index contributed by atoms with van der Waals surface area (Å²) in [7, 11) is 0. The normalized spacial score (nSPS) is 11.3. The molecule has 10 heteroatoms. The highest BCUT2D eigenvalue weighted by molar-refractivity contribution is 9.10. The van der Waals surface area contributed by atoms with Crippen LogP contribution in [-0.2, 0) is 4.79 Å². The highest BCUT2D eigenvalue weighted by Crippen LogP contribution is 2.24. The van der Waals surface area contributed by atoms with E-state index in [2.05, 4.69) is 31.9 Å². The predicted molar refractivity (Wildman–Crippen MR) is 127 cm³/mol. The highest BCUT2D eigenvalue weighted by atomic mass is 79.9. The van der Waals surface area contributed by atoms with Gasteiger partial charge in [-0.1, -0.05) is 23.7 Å². The van der Waals surface area contributed by atoms with Gasteiger partial charge in [-0.2, -0.15) is 0 Å². The first-order valence-electron chi connectivity index (χ1n) is 9.01. The summed E-state index contributed by atoms with van der Waals surface area (Å²) in [6, 6.07) is 16.9. The zero-order chi connectivity index (χ0) is 22.4. The molecule has 0 aliphatic carbocycles. The first-order chi connectivity index (χ1) is 14.8. The van der Waals surface area contributed by atoms with Crippen LogP contribution in [0.5, 0.6) is 5.75 Å². The van der Waals surface area contributed by atoms with Crippen molar-refractivity contribution in [1.29, 1.82) is 0 Å². The molecule has 0 aliphatic heterocycles. The van der Waals surface area contributed by atoms with Gasteiger partial charge in [-0.05, 0) is 83.6 Å². The lowest BCUT2D eigenvalue weighted by Gasteiger charge is -2.16. The average Bonchev–Trinajstić information content (AvgIpc) is 3.17. The van der Waals surface area contributed by atoms with Crippen molar-refractivity contribution in [2.75, 3.05) is 10.6 Å². The van der Waals surface area contributed by atoms with Gasteiger partial charge in [-0.3, -0.25) is 14.9 Å². The topological polar surface area (TPSA) is 92.6 Å². The highest BCUT2D eigenvalue weighted by Gasteiger charge is 2.16. The van der Waals surface area contributed by atoms with Crippen LogP contribution in [0.4, 0.5) is 11.4 Å². The van der Waals surface area contributed by atoms with E-state index in [0.29, 0.717) is 26.8 Å². The van der Waals surface area contributed by atoms with E-state index in [1.54, 1.807) is 61.5 Å². The fourth-order valence-corrected chi connectivity index (χ4v) is 3.13. The van der Waals surface area contributed by atoms with Gasteiger partial charge in [0.1, 0.15) is 5.75 Å². The van der Waals surface area contributed by atoms with E-state index in [-0.39, 0.29) is 16.8 Å². The molecule has 1 unspecified atom stereocenters. The number of carbonyl (C=O) groups is 2. The molecule has 1 aromatic heterocycles. The van der Waals surface area contributed by atoms with Crippen LogP contribution in [0.15, 0.2) is 69.8 Å². The number of hydrogen-bond donors (Lipinski definition) is 3. The minimum absolute atomic E-state index is 0.107. The Kier molecular flexibility index (Phi) is 7.67. The van der Waals surface area contributed by atoms with Gasteiger partial charge in [0.25, 0.3) is 11.8 Å². The molecule has 2 amide bonds. The van der Waals surface area contributed by atoms with Crippen LogP contribution in [0.2, 0.25) is 5.02 Å². The lowest BCUT2D eigenvalue weighted by Crippen LogP contribution is -2.33. The number of hydrogen-bond acceptors (Lipinski definition) is 5. The maximum atomic E-state index is 12.4. The summed E-state index contributed by atoms with van der Waals surface area (Å²) in [5, 5.41) is 8.70. The number of nitrogens with one attached hydrogen (secondary N) is 3. The monoisotopic (exact) mass is 521 g/mol. The Morgan fingerprint density at radius 3 is 2.29 bits per heavy atom. The summed E-state index contributed by atoms with van der Waals surface area (Å²) in [5.74, 6) is -0.237. The Hall–Kier alpha value is -2.88. The third-order valence-corrected chi connectivity index (χ3v) is 4.89. The van der Waals surface area contributed by atoms with Gasteiger partial charge >= 0.3 is 0 Å². The molecule has 0 aliphatic rings. The van der Waals surface area contributed by atoms with Crippen molar-refractivity contribution in [2.45, 2.75) is 13.0 Å². The third-order valence-electron chi connectivity index (χ3n) is 3.94. The predicted octanol–water partition coefficient (Wildman–Crippen LogP) is 5.23. The molecule has 3 aromatic rings. The number of para-hydroxylation sites is 1. The Morgan fingerprint density at radius 1 is 1.03 bits per heavy atom. The second kappa shape index (κ2) is 10.4. The molecule has 0 spiro atoms. The second-order valence-electron chi connectivity index (χ2n) is 6.27. The lowest BCUT2D eigenvalue weighted by molar-refractivity contribution is -0.122. The van der Waals surface area contributed by atoms with Crippen LogP contribution in [0.3, 0.4) is 0 Å². The number of benzene rings is 2. The van der Waals surface area contributed by atoms with E-state index >= 15 is 0 Å². The first-order valence-corrected chi connectivity index (χ1v) is 10.6. The van der Waals surface area contributed by atoms with Gasteiger partial charge in [-0.25, -0.2) is 0 Å². The number of amides is 2. The fourth-order valence-electron chi connectivity index (χ4n) is 2.43. The first kappa shape index (κ1) is 22.8. The molecular formula is C21H17BrClN3O4S. The van der Waals surface area contributed by atoms with E-state index in [4.69, 9.17) is 33.0 Å². The Bertz CT molecular complexity index is 1100. The maximum absolute atomic E-state index is 12.4. The van der Waals surface area contributed by atoms with E-state index in [1.807, 2.05) is 0 Å². The van der Waals surface area contributed by atoms with E-state index in [9.17, 15) is 9.59 Å². The molecule has 0 bridgehead atoms. The number of anilines is 2. The number of rotatable bonds is 6. The summed E-state index contributed by atoms with van der Waals surface area (Å²) in [4.78, 5) is 24.4. The van der Waals surface area contributed by atoms with Gasteiger partial charge in [0, 0.05) is 11.4 Å². The van der Waals surface area contributed by atoms with E-state index in [0.717, 1.165) is 0 Å². The summed E-state index contributed by atoms with van der Waals surface area (Å²) < 4.78 is 11.2. The molecule has 1 heterocycles. The van der Waals surface area contributed by atoms with Crippen LogP contribution in [-0.4, -0.2) is 23.0 Å². The molecule has 7 nitrogen and oxygen atoms in total. The Morgan fingerprint density at radius 2 is 1.68 bits per heavy atom. The van der Waals surface area contributed by atoms with Gasteiger partial charge in [-0.15, -0.1) is 0 Å². The SMILES string of the molecule is CC(Oc1ccccc1Cl)C(=O)Nc1ccc(NC(=S)NC(=O)c2ccc(Br)o2)cc1. The number of ether oxygens (including phenoxy) is 1. The van der Waals surface area contributed by atoms with Gasteiger partial charge < -0.3 is 19.8 Å². The zero-order valence-corrected chi connectivity index (χ0v) is 19.3. The lowest BCUT2D eigenvalue weighted by atomic mass is 10.2. The van der Waals surface area contributed by atoms with E-state index in [1.165, 1.54) is 6.07 Å². The quantitative estimate of drug-likeness (QED) is 0.384. The smallest absolute Gasteiger partial charge is 0.293 e. The second-order valence-corrected chi connectivity index (χ2v) is 7.87. The van der Waals surface area contributed by atoms with E-state index < -0.39 is 12.0 Å². The van der Waals surface area contributed by atoms with Crippen LogP contribution < -0.4 is 20.7 Å². The largest absolute Gasteiger partial charge is 0.479 e.